The maximum Gasteiger partial charge on any atom is 0.251 e. The van der Waals surface area contributed by atoms with Crippen LogP contribution in [-0.4, -0.2) is 46.6 Å². The second-order valence-corrected chi connectivity index (χ2v) is 8.60. The zero-order valence-electron chi connectivity index (χ0n) is 16.4. The van der Waals surface area contributed by atoms with Crippen molar-refractivity contribution in [2.24, 2.45) is 5.41 Å². The molecular formula is C23H28N2O3. The average molecular weight is 380 g/mol. The molecule has 2 fully saturated rings. The molecule has 0 amide bonds. The number of aromatic nitrogens is 1. The zero-order valence-corrected chi connectivity index (χ0v) is 16.4. The van der Waals surface area contributed by atoms with E-state index in [0.29, 0.717) is 17.5 Å². The molecule has 1 N–H and O–H groups in total. The molecule has 148 valence electrons. The number of rotatable bonds is 4. The maximum absolute atomic E-state index is 12.9. The predicted molar refractivity (Wildman–Crippen MR) is 109 cm³/mol. The van der Waals surface area contributed by atoms with Gasteiger partial charge in [0.25, 0.3) is 5.56 Å². The molecule has 5 heteroatoms. The Balaban J connectivity index is 1.72. The third kappa shape index (κ3) is 3.23. The normalized spacial score (nSPS) is 24.5. The van der Waals surface area contributed by atoms with Crippen LogP contribution in [0.2, 0.25) is 0 Å². The molecule has 1 aliphatic heterocycles. The number of nitrogens with zero attached hydrogens (tertiary/aromatic N) is 2. The van der Waals surface area contributed by atoms with Crippen LogP contribution in [0.25, 0.3) is 11.1 Å². The fourth-order valence-corrected chi connectivity index (χ4v) is 5.26. The molecular weight excluding hydrogens is 352 g/mol. The summed E-state index contributed by atoms with van der Waals surface area (Å²) in [5, 5.41) is 11.7. The first-order chi connectivity index (χ1) is 13.5. The molecule has 1 atom stereocenters. The van der Waals surface area contributed by atoms with Crippen molar-refractivity contribution in [3.63, 3.8) is 0 Å². The second kappa shape index (κ2) is 7.30. The van der Waals surface area contributed by atoms with Crippen LogP contribution in [0, 0.1) is 5.41 Å². The van der Waals surface area contributed by atoms with Crippen LogP contribution in [0.3, 0.4) is 0 Å². The lowest BCUT2D eigenvalue weighted by Gasteiger charge is -2.51. The number of carbonyl (C=O) groups is 1. The van der Waals surface area contributed by atoms with Gasteiger partial charge < -0.3 is 14.6 Å². The number of benzene rings is 1. The smallest absolute Gasteiger partial charge is 0.251 e. The molecule has 2 aromatic rings. The summed E-state index contributed by atoms with van der Waals surface area (Å²) in [4.78, 5) is 26.9. The summed E-state index contributed by atoms with van der Waals surface area (Å²) in [6, 6.07) is 11.0. The molecule has 1 aromatic heterocycles. The van der Waals surface area contributed by atoms with Gasteiger partial charge in [0, 0.05) is 36.3 Å². The number of piperidine rings is 1. The van der Waals surface area contributed by atoms with Crippen LogP contribution in [-0.2, 0) is 6.54 Å². The molecule has 4 rings (SSSR count). The van der Waals surface area contributed by atoms with E-state index in [0.717, 1.165) is 50.6 Å². The molecule has 1 saturated carbocycles. The van der Waals surface area contributed by atoms with Crippen molar-refractivity contribution in [2.45, 2.75) is 44.2 Å². The minimum absolute atomic E-state index is 0.168. The largest absolute Gasteiger partial charge is 0.387 e. The fourth-order valence-electron chi connectivity index (χ4n) is 5.26. The number of hydrogen-bond donors (Lipinski definition) is 1. The summed E-state index contributed by atoms with van der Waals surface area (Å²) >= 11 is 0. The SMILES string of the molecule is CN1CCC(O)(Cn2cc(C=O)c(-c3ccccc3)cc2=O)C2(CCCC2)C1. The number of hydrogen-bond acceptors (Lipinski definition) is 4. The van der Waals surface area contributed by atoms with Crippen molar-refractivity contribution < 1.29 is 9.90 Å². The maximum atomic E-state index is 12.9. The molecule has 1 aromatic carbocycles. The van der Waals surface area contributed by atoms with E-state index in [1.807, 2.05) is 30.3 Å². The molecule has 5 nitrogen and oxygen atoms in total. The Morgan fingerprint density at radius 3 is 2.54 bits per heavy atom. The third-order valence-electron chi connectivity index (χ3n) is 6.83. The summed E-state index contributed by atoms with van der Waals surface area (Å²) in [6.07, 6.45) is 7.29. The van der Waals surface area contributed by atoms with E-state index < -0.39 is 5.60 Å². The summed E-state index contributed by atoms with van der Waals surface area (Å²) in [5.74, 6) is 0. The Hall–Kier alpha value is -2.24. The van der Waals surface area contributed by atoms with Gasteiger partial charge in [-0.15, -0.1) is 0 Å². The van der Waals surface area contributed by atoms with Gasteiger partial charge in [-0.3, -0.25) is 9.59 Å². The Kier molecular flexibility index (Phi) is 4.98. The van der Waals surface area contributed by atoms with Crippen molar-refractivity contribution in [3.05, 3.63) is 58.5 Å². The minimum atomic E-state index is -0.922. The Morgan fingerprint density at radius 1 is 1.14 bits per heavy atom. The van der Waals surface area contributed by atoms with E-state index in [4.69, 9.17) is 0 Å². The molecule has 1 saturated heterocycles. The Bertz CT molecular complexity index is 915. The minimum Gasteiger partial charge on any atom is -0.387 e. The van der Waals surface area contributed by atoms with Gasteiger partial charge in [0.05, 0.1) is 12.1 Å². The highest BCUT2D eigenvalue weighted by Crippen LogP contribution is 2.51. The summed E-state index contributed by atoms with van der Waals surface area (Å²) in [7, 11) is 2.10. The lowest BCUT2D eigenvalue weighted by atomic mass is 9.66. The van der Waals surface area contributed by atoms with Crippen LogP contribution >= 0.6 is 0 Å². The lowest BCUT2D eigenvalue weighted by molar-refractivity contribution is -0.139. The van der Waals surface area contributed by atoms with Crippen molar-refractivity contribution in [3.8, 4) is 11.1 Å². The molecule has 2 aliphatic rings. The van der Waals surface area contributed by atoms with Gasteiger partial charge >= 0.3 is 0 Å². The number of likely N-dealkylation sites (tertiary alicyclic amines) is 1. The van der Waals surface area contributed by atoms with Crippen LogP contribution in [0.1, 0.15) is 42.5 Å². The quantitative estimate of drug-likeness (QED) is 0.829. The lowest BCUT2D eigenvalue weighted by Crippen LogP contribution is -2.60. The van der Waals surface area contributed by atoms with Gasteiger partial charge in [0.15, 0.2) is 6.29 Å². The van der Waals surface area contributed by atoms with E-state index in [1.54, 1.807) is 10.8 Å². The monoisotopic (exact) mass is 380 g/mol. The summed E-state index contributed by atoms with van der Waals surface area (Å²) < 4.78 is 1.54. The van der Waals surface area contributed by atoms with E-state index in [1.165, 1.54) is 6.07 Å². The molecule has 28 heavy (non-hydrogen) atoms. The topological polar surface area (TPSA) is 62.5 Å². The predicted octanol–water partition coefficient (Wildman–Crippen LogP) is 2.95. The molecule has 0 radical (unpaired) electrons. The first kappa shape index (κ1) is 19.1. The fraction of sp³-hybridized carbons (Fsp3) is 0.478. The van der Waals surface area contributed by atoms with Gasteiger partial charge in [-0.1, -0.05) is 43.2 Å². The first-order valence-electron chi connectivity index (χ1n) is 10.1. The van der Waals surface area contributed by atoms with Crippen LogP contribution < -0.4 is 5.56 Å². The van der Waals surface area contributed by atoms with Crippen LogP contribution in [0.15, 0.2) is 47.4 Å². The Morgan fingerprint density at radius 2 is 1.86 bits per heavy atom. The summed E-state index contributed by atoms with van der Waals surface area (Å²) in [6.45, 7) is 1.92. The van der Waals surface area contributed by atoms with Gasteiger partial charge in [0.2, 0.25) is 0 Å². The molecule has 2 heterocycles. The molecule has 1 aliphatic carbocycles. The van der Waals surface area contributed by atoms with Gasteiger partial charge in [-0.2, -0.15) is 0 Å². The molecule has 1 unspecified atom stereocenters. The highest BCUT2D eigenvalue weighted by atomic mass is 16.3. The standard InChI is InChI=1S/C23H28N2O3/c1-24-12-11-23(28,22(16-24)9-5-6-10-22)17-25-14-19(15-26)20(13-21(25)27)18-7-3-2-4-8-18/h2-4,7-8,13-15,28H,5-6,9-12,16-17H2,1H3. The number of aldehydes is 1. The zero-order chi connectivity index (χ0) is 19.8. The van der Waals surface area contributed by atoms with E-state index in [2.05, 4.69) is 11.9 Å². The van der Waals surface area contributed by atoms with Gasteiger partial charge in [-0.05, 0) is 37.4 Å². The van der Waals surface area contributed by atoms with E-state index >= 15 is 0 Å². The van der Waals surface area contributed by atoms with Crippen LogP contribution in [0.4, 0.5) is 0 Å². The third-order valence-corrected chi connectivity index (χ3v) is 6.83. The van der Waals surface area contributed by atoms with E-state index in [-0.39, 0.29) is 17.5 Å². The van der Waals surface area contributed by atoms with Crippen molar-refractivity contribution in [1.82, 2.24) is 9.47 Å². The number of carbonyl (C=O) groups excluding carboxylic acids is 1. The molecule has 1 spiro atoms. The second-order valence-electron chi connectivity index (χ2n) is 8.60. The number of aliphatic hydroxyl groups is 1. The van der Waals surface area contributed by atoms with Crippen molar-refractivity contribution in [1.29, 1.82) is 0 Å². The highest BCUT2D eigenvalue weighted by molar-refractivity contribution is 5.86. The number of pyridine rings is 1. The summed E-state index contributed by atoms with van der Waals surface area (Å²) in [5.41, 5.74) is 0.697. The highest BCUT2D eigenvalue weighted by Gasteiger charge is 2.54. The average Bonchev–Trinajstić information content (AvgIpc) is 3.17. The van der Waals surface area contributed by atoms with Crippen molar-refractivity contribution >= 4 is 6.29 Å². The van der Waals surface area contributed by atoms with Gasteiger partial charge in [0.1, 0.15) is 0 Å². The first-order valence-corrected chi connectivity index (χ1v) is 10.1. The van der Waals surface area contributed by atoms with E-state index in [9.17, 15) is 14.7 Å². The van der Waals surface area contributed by atoms with Crippen LogP contribution in [0.5, 0.6) is 0 Å². The van der Waals surface area contributed by atoms with Crippen molar-refractivity contribution in [2.75, 3.05) is 20.1 Å². The van der Waals surface area contributed by atoms with Gasteiger partial charge in [-0.25, -0.2) is 0 Å². The Labute approximate surface area is 165 Å². The molecule has 0 bridgehead atoms.